The third-order valence-electron chi connectivity index (χ3n) is 8.41. The summed E-state index contributed by atoms with van der Waals surface area (Å²) < 4.78 is 11.7. The lowest BCUT2D eigenvalue weighted by molar-refractivity contribution is -0.130. The molecule has 2 fully saturated rings. The number of amides is 3. The molecule has 4 aliphatic heterocycles. The number of para-hydroxylation sites is 1. The zero-order valence-electron chi connectivity index (χ0n) is 20.4. The Morgan fingerprint density at radius 3 is 2.72 bits per heavy atom. The number of carbonyl (C=O) groups is 3. The molecule has 4 atom stereocenters. The van der Waals surface area contributed by atoms with Crippen molar-refractivity contribution in [3.8, 4) is 11.5 Å². The van der Waals surface area contributed by atoms with Gasteiger partial charge in [0, 0.05) is 44.9 Å². The van der Waals surface area contributed by atoms with Crippen molar-refractivity contribution in [3.05, 3.63) is 82.5 Å². The van der Waals surface area contributed by atoms with Crippen LogP contribution >= 0.6 is 15.9 Å². The number of carbonyl (C=O) groups excluding carboxylic acids is 3. The average molecular weight is 585 g/mol. The molecule has 3 amide bonds. The SMILES string of the molecule is O=C1[C@@H]2[C@@H](C(=O)N1c1ccc3c(c1)OCO3)[C@]1(N[C@@H]2Cc2c[nH]c3ccccc23)C(=O)Nc2ccc(Br)cc21. The number of fused-ring (bicyclic) bond motifs is 6. The molecule has 10 heteroatoms. The lowest BCUT2D eigenvalue weighted by Gasteiger charge is -2.29. The molecule has 5 heterocycles. The average Bonchev–Trinajstić information content (AvgIpc) is 3.73. The third kappa shape index (κ3) is 3.01. The van der Waals surface area contributed by atoms with Gasteiger partial charge in [0.25, 0.3) is 0 Å². The van der Waals surface area contributed by atoms with E-state index in [1.807, 2.05) is 48.7 Å². The van der Waals surface area contributed by atoms with Crippen LogP contribution in [0, 0.1) is 11.8 Å². The Kier molecular flexibility index (Phi) is 4.64. The number of hydrogen-bond donors (Lipinski definition) is 3. The molecule has 39 heavy (non-hydrogen) atoms. The zero-order valence-corrected chi connectivity index (χ0v) is 21.9. The van der Waals surface area contributed by atoms with Crippen molar-refractivity contribution in [1.29, 1.82) is 0 Å². The number of ether oxygens (including phenoxy) is 2. The maximum Gasteiger partial charge on any atom is 0.250 e. The van der Waals surface area contributed by atoms with Gasteiger partial charge >= 0.3 is 0 Å². The van der Waals surface area contributed by atoms with Crippen LogP contribution in [0.4, 0.5) is 11.4 Å². The summed E-state index contributed by atoms with van der Waals surface area (Å²) in [5, 5.41) is 7.52. The number of nitrogens with zero attached hydrogens (tertiary/aromatic N) is 1. The van der Waals surface area contributed by atoms with Crippen LogP contribution in [-0.4, -0.2) is 35.5 Å². The number of hydrogen-bond acceptors (Lipinski definition) is 6. The van der Waals surface area contributed by atoms with Crippen LogP contribution < -0.4 is 25.0 Å². The Hall–Kier alpha value is -4.15. The largest absolute Gasteiger partial charge is 0.454 e. The summed E-state index contributed by atoms with van der Waals surface area (Å²) in [5.41, 5.74) is 2.29. The van der Waals surface area contributed by atoms with E-state index in [1.165, 1.54) is 4.90 Å². The number of benzene rings is 3. The van der Waals surface area contributed by atoms with Gasteiger partial charge in [-0.05, 0) is 48.4 Å². The summed E-state index contributed by atoms with van der Waals surface area (Å²) in [6.07, 6.45) is 2.39. The van der Waals surface area contributed by atoms with Gasteiger partial charge in [0.1, 0.15) is 5.54 Å². The number of imide groups is 1. The second kappa shape index (κ2) is 7.93. The number of aromatic amines is 1. The lowest BCUT2D eigenvalue weighted by atomic mass is 9.76. The van der Waals surface area contributed by atoms with E-state index in [-0.39, 0.29) is 18.6 Å². The minimum atomic E-state index is -1.39. The minimum Gasteiger partial charge on any atom is -0.454 e. The van der Waals surface area contributed by atoms with Crippen molar-refractivity contribution in [2.75, 3.05) is 17.0 Å². The lowest BCUT2D eigenvalue weighted by Crippen LogP contribution is -2.53. The van der Waals surface area contributed by atoms with Gasteiger partial charge in [0.05, 0.1) is 17.5 Å². The number of H-pyrrole nitrogens is 1. The van der Waals surface area contributed by atoms with E-state index < -0.39 is 29.3 Å². The van der Waals surface area contributed by atoms with E-state index in [1.54, 1.807) is 18.2 Å². The first kappa shape index (κ1) is 22.8. The molecular formula is C29H21BrN4O5. The highest BCUT2D eigenvalue weighted by Crippen LogP contribution is 2.54. The predicted octanol–water partition coefficient (Wildman–Crippen LogP) is 3.83. The highest BCUT2D eigenvalue weighted by atomic mass is 79.9. The van der Waals surface area contributed by atoms with Crippen molar-refractivity contribution >= 4 is 55.9 Å². The summed E-state index contributed by atoms with van der Waals surface area (Å²) in [5.74, 6) is -1.74. The van der Waals surface area contributed by atoms with Gasteiger partial charge < -0.3 is 19.8 Å². The van der Waals surface area contributed by atoms with E-state index in [0.717, 1.165) is 20.9 Å². The summed E-state index contributed by atoms with van der Waals surface area (Å²) in [4.78, 5) is 46.7. The summed E-state index contributed by atoms with van der Waals surface area (Å²) >= 11 is 3.52. The highest BCUT2D eigenvalue weighted by molar-refractivity contribution is 9.10. The fourth-order valence-corrected chi connectivity index (χ4v) is 7.13. The summed E-state index contributed by atoms with van der Waals surface area (Å²) in [6, 6.07) is 18.0. The van der Waals surface area contributed by atoms with Crippen molar-refractivity contribution < 1.29 is 23.9 Å². The van der Waals surface area contributed by atoms with E-state index in [0.29, 0.717) is 34.9 Å². The van der Waals surface area contributed by atoms with Crippen LogP contribution in [0.3, 0.4) is 0 Å². The molecule has 0 bridgehead atoms. The first-order chi connectivity index (χ1) is 19.0. The van der Waals surface area contributed by atoms with Crippen molar-refractivity contribution in [2.45, 2.75) is 18.0 Å². The van der Waals surface area contributed by atoms with Crippen LogP contribution in [0.15, 0.2) is 71.3 Å². The van der Waals surface area contributed by atoms with E-state index in [9.17, 15) is 14.4 Å². The summed E-state index contributed by atoms with van der Waals surface area (Å²) in [7, 11) is 0. The maximum atomic E-state index is 14.3. The van der Waals surface area contributed by atoms with E-state index in [2.05, 4.69) is 31.5 Å². The molecule has 4 aromatic rings. The number of nitrogens with one attached hydrogen (secondary N) is 3. The molecule has 3 aromatic carbocycles. The molecule has 3 N–H and O–H groups in total. The molecule has 194 valence electrons. The second-order valence-electron chi connectivity index (χ2n) is 10.3. The van der Waals surface area contributed by atoms with Crippen molar-refractivity contribution in [2.24, 2.45) is 11.8 Å². The number of halogens is 1. The molecule has 0 aliphatic carbocycles. The van der Waals surface area contributed by atoms with Crippen LogP contribution in [-0.2, 0) is 26.3 Å². The molecule has 8 rings (SSSR count). The van der Waals surface area contributed by atoms with Gasteiger partial charge in [-0.2, -0.15) is 0 Å². The van der Waals surface area contributed by atoms with Gasteiger partial charge in [0.15, 0.2) is 11.5 Å². The first-order valence-electron chi connectivity index (χ1n) is 12.7. The van der Waals surface area contributed by atoms with Crippen LogP contribution in [0.2, 0.25) is 0 Å². The Morgan fingerprint density at radius 1 is 0.974 bits per heavy atom. The Labute approximate surface area is 230 Å². The predicted molar refractivity (Wildman–Crippen MR) is 145 cm³/mol. The number of aromatic nitrogens is 1. The van der Waals surface area contributed by atoms with Crippen molar-refractivity contribution in [3.63, 3.8) is 0 Å². The van der Waals surface area contributed by atoms with Crippen LogP contribution in [0.25, 0.3) is 10.9 Å². The van der Waals surface area contributed by atoms with Crippen LogP contribution in [0.5, 0.6) is 11.5 Å². The fourth-order valence-electron chi connectivity index (χ4n) is 6.77. The second-order valence-corrected chi connectivity index (χ2v) is 11.2. The van der Waals surface area contributed by atoms with Gasteiger partial charge in [-0.1, -0.05) is 34.1 Å². The van der Waals surface area contributed by atoms with Gasteiger partial charge in [-0.3, -0.25) is 19.7 Å². The molecular weight excluding hydrogens is 564 g/mol. The zero-order chi connectivity index (χ0) is 26.5. The Balaban J connectivity index is 1.28. The molecule has 9 nitrogen and oxygen atoms in total. The molecule has 0 radical (unpaired) electrons. The monoisotopic (exact) mass is 584 g/mol. The standard InChI is InChI=1S/C29H21BrN4O5/c30-15-5-7-20-18(10-15)29(28(37)32-20)25-24(21(33-29)9-14-12-31-19-4-2-1-3-17(14)19)26(35)34(27(25)36)16-6-8-22-23(11-16)39-13-38-22/h1-8,10-12,21,24-25,31,33H,9,13H2,(H,32,37)/t21-,24+,25+,29+/m1/s1. The van der Waals surface area contributed by atoms with Gasteiger partial charge in [-0.15, -0.1) is 0 Å². The van der Waals surface area contributed by atoms with Crippen LogP contribution in [0.1, 0.15) is 11.1 Å². The highest BCUT2D eigenvalue weighted by Gasteiger charge is 2.70. The molecule has 1 spiro atoms. The maximum absolute atomic E-state index is 14.3. The third-order valence-corrected chi connectivity index (χ3v) is 8.90. The normalized spacial score (nSPS) is 26.5. The number of rotatable bonds is 3. The van der Waals surface area contributed by atoms with E-state index in [4.69, 9.17) is 9.47 Å². The van der Waals surface area contributed by atoms with Gasteiger partial charge in [-0.25, -0.2) is 4.90 Å². The quantitative estimate of drug-likeness (QED) is 0.315. The first-order valence-corrected chi connectivity index (χ1v) is 13.5. The Morgan fingerprint density at radius 2 is 1.82 bits per heavy atom. The fraction of sp³-hybridized carbons (Fsp3) is 0.207. The molecule has 1 aromatic heterocycles. The molecule has 0 saturated carbocycles. The minimum absolute atomic E-state index is 0.0808. The van der Waals surface area contributed by atoms with Crippen molar-refractivity contribution in [1.82, 2.24) is 10.3 Å². The Bertz CT molecular complexity index is 1750. The number of anilines is 2. The smallest absolute Gasteiger partial charge is 0.250 e. The molecule has 2 saturated heterocycles. The van der Waals surface area contributed by atoms with Gasteiger partial charge in [0.2, 0.25) is 24.5 Å². The summed E-state index contributed by atoms with van der Waals surface area (Å²) in [6.45, 7) is 0.0808. The topological polar surface area (TPSA) is 113 Å². The molecule has 4 aliphatic rings. The molecule has 0 unspecified atom stereocenters. The van der Waals surface area contributed by atoms with E-state index >= 15 is 0 Å².